The maximum atomic E-state index is 5.04. The molecule has 17 heavy (non-hydrogen) atoms. The predicted octanol–water partition coefficient (Wildman–Crippen LogP) is 3.33. The van der Waals surface area contributed by atoms with Crippen molar-refractivity contribution in [2.75, 3.05) is 0 Å². The summed E-state index contributed by atoms with van der Waals surface area (Å²) in [5.74, 6) is 0. The molecular formula is C13H7N3S. The smallest absolute Gasteiger partial charge is 0.214 e. The average Bonchev–Trinajstić information content (AvgIpc) is 2.67. The Morgan fingerprint density at radius 2 is 1.65 bits per heavy atom. The quantitative estimate of drug-likeness (QED) is 0.477. The third-order valence-corrected chi connectivity index (χ3v) is 3.30. The monoisotopic (exact) mass is 237 g/mol. The summed E-state index contributed by atoms with van der Waals surface area (Å²) in [6, 6.07) is 12.4. The molecule has 0 amide bonds. The van der Waals surface area contributed by atoms with Crippen LogP contribution < -0.4 is 0 Å². The standard InChI is InChI=1S/C13H7N3S/c17-13-14-11-8-5-1-3-7-4-2-6-9(10(7)8)12(11)15-16-13/h1-6H,(H,14,16,17). The second kappa shape index (κ2) is 2.99. The van der Waals surface area contributed by atoms with Crippen molar-refractivity contribution in [1.29, 1.82) is 0 Å². The Bertz CT molecular complexity index is 815. The zero-order chi connectivity index (χ0) is 11.4. The predicted molar refractivity (Wildman–Crippen MR) is 69.2 cm³/mol. The van der Waals surface area contributed by atoms with Crippen molar-refractivity contribution < 1.29 is 0 Å². The molecule has 0 bridgehead atoms. The highest BCUT2D eigenvalue weighted by Crippen LogP contribution is 2.44. The molecule has 0 saturated carbocycles. The van der Waals surface area contributed by atoms with E-state index >= 15 is 0 Å². The van der Waals surface area contributed by atoms with Gasteiger partial charge in [0.05, 0.1) is 0 Å². The van der Waals surface area contributed by atoms with Gasteiger partial charge in [0.2, 0.25) is 4.77 Å². The number of fused-ring (bicyclic) bond motifs is 3. The van der Waals surface area contributed by atoms with Crippen LogP contribution >= 0.6 is 12.2 Å². The van der Waals surface area contributed by atoms with Gasteiger partial charge in [0, 0.05) is 16.5 Å². The fourth-order valence-electron chi connectivity index (χ4n) is 2.45. The Balaban J connectivity index is 2.30. The first-order valence-electron chi connectivity index (χ1n) is 5.34. The van der Waals surface area contributed by atoms with E-state index in [1.165, 1.54) is 10.8 Å². The lowest BCUT2D eigenvalue weighted by Gasteiger charge is -1.99. The Hall–Kier alpha value is -2.07. The van der Waals surface area contributed by atoms with E-state index < -0.39 is 0 Å². The van der Waals surface area contributed by atoms with Crippen LogP contribution in [-0.2, 0) is 0 Å². The van der Waals surface area contributed by atoms with Crippen LogP contribution in [0.4, 0.5) is 0 Å². The molecule has 3 aromatic rings. The summed E-state index contributed by atoms with van der Waals surface area (Å²) in [6.07, 6.45) is 0. The summed E-state index contributed by atoms with van der Waals surface area (Å²) in [7, 11) is 0. The van der Waals surface area contributed by atoms with E-state index in [1.807, 2.05) is 12.1 Å². The molecule has 0 fully saturated rings. The number of hydrogen-bond donors (Lipinski definition) is 1. The normalized spacial score (nSPS) is 11.8. The highest BCUT2D eigenvalue weighted by Gasteiger charge is 2.23. The van der Waals surface area contributed by atoms with Crippen molar-refractivity contribution in [2.24, 2.45) is 0 Å². The van der Waals surface area contributed by atoms with Crippen LogP contribution in [-0.4, -0.2) is 15.2 Å². The van der Waals surface area contributed by atoms with Crippen molar-refractivity contribution in [3.8, 4) is 22.5 Å². The lowest BCUT2D eigenvalue weighted by atomic mass is 10.0. The van der Waals surface area contributed by atoms with Crippen molar-refractivity contribution in [1.82, 2.24) is 15.2 Å². The highest BCUT2D eigenvalue weighted by molar-refractivity contribution is 7.71. The first-order chi connectivity index (χ1) is 8.34. The molecular weight excluding hydrogens is 230 g/mol. The fraction of sp³-hybridized carbons (Fsp3) is 0. The molecule has 1 N–H and O–H groups in total. The maximum absolute atomic E-state index is 5.04. The summed E-state index contributed by atoms with van der Waals surface area (Å²) >= 11 is 5.04. The van der Waals surface area contributed by atoms with Gasteiger partial charge in [-0.25, -0.2) is 4.98 Å². The largest absolute Gasteiger partial charge is 0.251 e. The van der Waals surface area contributed by atoms with Crippen LogP contribution in [0.5, 0.6) is 0 Å². The van der Waals surface area contributed by atoms with Crippen LogP contribution in [0.3, 0.4) is 0 Å². The van der Waals surface area contributed by atoms with Gasteiger partial charge >= 0.3 is 0 Å². The minimum atomic E-state index is 0.425. The lowest BCUT2D eigenvalue weighted by Crippen LogP contribution is -1.91. The van der Waals surface area contributed by atoms with E-state index in [0.717, 1.165) is 22.5 Å². The minimum Gasteiger partial charge on any atom is -0.251 e. The molecule has 0 aliphatic heterocycles. The first-order valence-corrected chi connectivity index (χ1v) is 5.74. The summed E-state index contributed by atoms with van der Waals surface area (Å²) in [5.41, 5.74) is 4.04. The molecule has 0 spiro atoms. The summed E-state index contributed by atoms with van der Waals surface area (Å²) in [5, 5.41) is 9.50. The number of rotatable bonds is 0. The van der Waals surface area contributed by atoms with Gasteiger partial charge in [-0.2, -0.15) is 5.10 Å². The molecule has 1 heterocycles. The van der Waals surface area contributed by atoms with E-state index in [-0.39, 0.29) is 0 Å². The van der Waals surface area contributed by atoms with Crippen LogP contribution in [0.15, 0.2) is 36.4 Å². The number of nitrogens with one attached hydrogen (secondary N) is 1. The second-order valence-corrected chi connectivity index (χ2v) is 4.43. The van der Waals surface area contributed by atoms with Crippen LogP contribution in [0, 0.1) is 4.77 Å². The van der Waals surface area contributed by atoms with E-state index in [9.17, 15) is 0 Å². The third kappa shape index (κ3) is 1.08. The molecule has 4 rings (SSSR count). The van der Waals surface area contributed by atoms with Gasteiger partial charge in [0.25, 0.3) is 0 Å². The zero-order valence-electron chi connectivity index (χ0n) is 8.77. The zero-order valence-corrected chi connectivity index (χ0v) is 9.58. The number of hydrogen-bond acceptors (Lipinski definition) is 3. The van der Waals surface area contributed by atoms with Gasteiger partial charge in [-0.15, -0.1) is 0 Å². The van der Waals surface area contributed by atoms with Gasteiger partial charge < -0.3 is 0 Å². The summed E-state index contributed by atoms with van der Waals surface area (Å²) in [4.78, 5) is 4.39. The number of nitrogens with zero attached hydrogens (tertiary/aromatic N) is 2. The molecule has 1 aliphatic carbocycles. The van der Waals surface area contributed by atoms with E-state index in [1.54, 1.807) is 0 Å². The fourth-order valence-corrected chi connectivity index (χ4v) is 2.58. The number of H-pyrrole nitrogens is 1. The van der Waals surface area contributed by atoms with Gasteiger partial charge in [0.15, 0.2) is 0 Å². The van der Waals surface area contributed by atoms with Gasteiger partial charge in [0.1, 0.15) is 11.4 Å². The van der Waals surface area contributed by atoms with Crippen molar-refractivity contribution >= 4 is 23.0 Å². The van der Waals surface area contributed by atoms with Crippen molar-refractivity contribution in [2.45, 2.75) is 0 Å². The third-order valence-electron chi connectivity index (χ3n) is 3.12. The van der Waals surface area contributed by atoms with E-state index in [2.05, 4.69) is 39.4 Å². The summed E-state index contributed by atoms with van der Waals surface area (Å²) in [6.45, 7) is 0. The molecule has 0 unspecified atom stereocenters. The molecule has 1 aliphatic rings. The SMILES string of the molecule is S=c1nc2c(n[nH]1)-c1cccc3cccc-2c13. The van der Waals surface area contributed by atoms with E-state index in [0.29, 0.717) is 4.77 Å². The molecule has 1 aromatic heterocycles. The number of aromatic nitrogens is 3. The molecule has 3 nitrogen and oxygen atoms in total. The van der Waals surface area contributed by atoms with Gasteiger partial charge in [-0.3, -0.25) is 5.10 Å². The molecule has 80 valence electrons. The maximum Gasteiger partial charge on any atom is 0.214 e. The molecule has 0 atom stereocenters. The molecule has 0 saturated heterocycles. The molecule has 0 radical (unpaired) electrons. The molecule has 2 aromatic carbocycles. The van der Waals surface area contributed by atoms with Crippen LogP contribution in [0.1, 0.15) is 0 Å². The van der Waals surface area contributed by atoms with Crippen LogP contribution in [0.25, 0.3) is 33.3 Å². The van der Waals surface area contributed by atoms with Gasteiger partial charge in [-0.05, 0) is 17.6 Å². The van der Waals surface area contributed by atoms with Gasteiger partial charge in [-0.1, -0.05) is 36.4 Å². The van der Waals surface area contributed by atoms with Crippen LogP contribution in [0.2, 0.25) is 0 Å². The second-order valence-electron chi connectivity index (χ2n) is 4.05. The summed E-state index contributed by atoms with van der Waals surface area (Å²) < 4.78 is 0.425. The number of aromatic amines is 1. The van der Waals surface area contributed by atoms with E-state index in [4.69, 9.17) is 12.2 Å². The molecule has 4 heteroatoms. The Labute approximate surface area is 102 Å². The minimum absolute atomic E-state index is 0.425. The van der Waals surface area contributed by atoms with Crippen molar-refractivity contribution in [3.63, 3.8) is 0 Å². The topological polar surface area (TPSA) is 41.6 Å². The average molecular weight is 237 g/mol. The lowest BCUT2D eigenvalue weighted by molar-refractivity contribution is 0.966. The Morgan fingerprint density at radius 1 is 0.941 bits per heavy atom. The van der Waals surface area contributed by atoms with Crippen molar-refractivity contribution in [3.05, 3.63) is 41.2 Å². The Kier molecular flexibility index (Phi) is 1.58. The first kappa shape index (κ1) is 9.01. The highest BCUT2D eigenvalue weighted by atomic mass is 32.1. The number of benzene rings is 2. The Morgan fingerprint density at radius 3 is 2.41 bits per heavy atom.